The molecular formula is C14H23N5S. The van der Waals surface area contributed by atoms with Crippen molar-refractivity contribution in [2.45, 2.75) is 0 Å². The molecule has 20 heavy (non-hydrogen) atoms. The van der Waals surface area contributed by atoms with E-state index in [9.17, 15) is 0 Å². The predicted octanol–water partition coefficient (Wildman–Crippen LogP) is 0.399. The summed E-state index contributed by atoms with van der Waals surface area (Å²) in [7, 11) is 4.22. The maximum Gasteiger partial charge on any atom is 0.106 e. The zero-order valence-electron chi connectivity index (χ0n) is 12.2. The molecule has 1 fully saturated rings. The molecule has 2 heterocycles. The molecule has 5 nitrogen and oxygen atoms in total. The fourth-order valence-electron chi connectivity index (χ4n) is 2.40. The lowest BCUT2D eigenvalue weighted by Gasteiger charge is -2.37. The number of hydrogen-bond acceptors (Lipinski definition) is 5. The largest absolute Gasteiger partial charge is 0.389 e. The van der Waals surface area contributed by atoms with Gasteiger partial charge in [0.25, 0.3) is 0 Å². The lowest BCUT2D eigenvalue weighted by molar-refractivity contribution is 0.229. The van der Waals surface area contributed by atoms with Gasteiger partial charge in [-0.05, 0) is 20.2 Å². The summed E-state index contributed by atoms with van der Waals surface area (Å²) in [6.07, 6.45) is 3.61. The third kappa shape index (κ3) is 3.88. The Labute approximate surface area is 126 Å². The van der Waals surface area contributed by atoms with Crippen LogP contribution in [0.2, 0.25) is 0 Å². The Balaban J connectivity index is 1.95. The lowest BCUT2D eigenvalue weighted by atomic mass is 10.2. The first-order valence-corrected chi connectivity index (χ1v) is 7.34. The highest BCUT2D eigenvalue weighted by Gasteiger charge is 2.19. The van der Waals surface area contributed by atoms with Crippen LogP contribution in [-0.2, 0) is 0 Å². The van der Waals surface area contributed by atoms with Crippen molar-refractivity contribution in [3.05, 3.63) is 24.0 Å². The number of nitrogens with two attached hydrogens (primary N) is 1. The van der Waals surface area contributed by atoms with Crippen LogP contribution in [0.1, 0.15) is 5.56 Å². The van der Waals surface area contributed by atoms with Gasteiger partial charge in [-0.1, -0.05) is 12.2 Å². The van der Waals surface area contributed by atoms with E-state index < -0.39 is 0 Å². The first kappa shape index (κ1) is 15.2. The summed E-state index contributed by atoms with van der Waals surface area (Å²) in [5.41, 5.74) is 7.78. The van der Waals surface area contributed by atoms with Crippen molar-refractivity contribution >= 4 is 22.9 Å². The molecule has 0 spiro atoms. The fourth-order valence-corrected chi connectivity index (χ4v) is 2.57. The molecule has 0 bridgehead atoms. The van der Waals surface area contributed by atoms with E-state index >= 15 is 0 Å². The Bertz CT molecular complexity index is 455. The Kier molecular flexibility index (Phi) is 5.28. The summed E-state index contributed by atoms with van der Waals surface area (Å²) in [5, 5.41) is 0. The van der Waals surface area contributed by atoms with Crippen molar-refractivity contribution in [3.8, 4) is 0 Å². The van der Waals surface area contributed by atoms with Gasteiger partial charge < -0.3 is 15.5 Å². The van der Waals surface area contributed by atoms with Crippen LogP contribution in [0.25, 0.3) is 0 Å². The Hall–Kier alpha value is -1.24. The smallest absolute Gasteiger partial charge is 0.106 e. The molecule has 0 unspecified atom stereocenters. The summed E-state index contributed by atoms with van der Waals surface area (Å²) in [5.74, 6) is 0. The predicted molar refractivity (Wildman–Crippen MR) is 87.3 cm³/mol. The number of hydrogen-bond donors (Lipinski definition) is 1. The van der Waals surface area contributed by atoms with Gasteiger partial charge in [-0.3, -0.25) is 9.88 Å². The fraction of sp³-hybridized carbons (Fsp3) is 0.571. The molecule has 0 radical (unpaired) electrons. The van der Waals surface area contributed by atoms with Gasteiger partial charge in [0.2, 0.25) is 0 Å². The standard InChI is InChI=1S/C14H23N5S/c1-17(2)5-6-18-7-9-19(10-8-18)13-11-16-4-3-12(13)14(15)20/h3-4,11H,5-10H2,1-2H3,(H2,15,20). The minimum absolute atomic E-state index is 0.442. The van der Waals surface area contributed by atoms with Gasteiger partial charge in [0.15, 0.2) is 0 Å². The van der Waals surface area contributed by atoms with Crippen LogP contribution >= 0.6 is 12.2 Å². The first-order chi connectivity index (χ1) is 9.58. The molecule has 1 aromatic heterocycles. The van der Waals surface area contributed by atoms with E-state index in [4.69, 9.17) is 18.0 Å². The SMILES string of the molecule is CN(C)CCN1CCN(c2cnccc2C(N)=S)CC1. The van der Waals surface area contributed by atoms with Gasteiger partial charge in [-0.15, -0.1) is 0 Å². The molecule has 0 saturated carbocycles. The van der Waals surface area contributed by atoms with Crippen LogP contribution in [0.15, 0.2) is 18.5 Å². The second kappa shape index (κ2) is 6.97. The minimum atomic E-state index is 0.442. The quantitative estimate of drug-likeness (QED) is 0.793. The molecule has 0 aliphatic carbocycles. The van der Waals surface area contributed by atoms with Crippen molar-refractivity contribution in [1.82, 2.24) is 14.8 Å². The Morgan fingerprint density at radius 1 is 1.35 bits per heavy atom. The van der Waals surface area contributed by atoms with Crippen molar-refractivity contribution in [3.63, 3.8) is 0 Å². The number of anilines is 1. The van der Waals surface area contributed by atoms with Crippen LogP contribution in [0.3, 0.4) is 0 Å². The Morgan fingerprint density at radius 2 is 2.05 bits per heavy atom. The van der Waals surface area contributed by atoms with E-state index in [1.54, 1.807) is 6.20 Å². The molecule has 1 aromatic rings. The minimum Gasteiger partial charge on any atom is -0.389 e. The van der Waals surface area contributed by atoms with Gasteiger partial charge in [0.1, 0.15) is 4.99 Å². The number of thiocarbonyl (C=S) groups is 1. The summed E-state index contributed by atoms with van der Waals surface area (Å²) < 4.78 is 0. The monoisotopic (exact) mass is 293 g/mol. The maximum absolute atomic E-state index is 5.79. The van der Waals surface area contributed by atoms with E-state index in [1.807, 2.05) is 12.3 Å². The number of aromatic nitrogens is 1. The molecule has 2 N–H and O–H groups in total. The maximum atomic E-state index is 5.79. The molecule has 0 amide bonds. The molecule has 1 aliphatic heterocycles. The average Bonchev–Trinajstić information content (AvgIpc) is 2.45. The lowest BCUT2D eigenvalue weighted by Crippen LogP contribution is -2.48. The molecule has 0 aromatic carbocycles. The van der Waals surface area contributed by atoms with Crippen molar-refractivity contribution in [2.24, 2.45) is 5.73 Å². The van der Waals surface area contributed by atoms with E-state index in [-0.39, 0.29) is 0 Å². The first-order valence-electron chi connectivity index (χ1n) is 6.94. The van der Waals surface area contributed by atoms with Crippen LogP contribution < -0.4 is 10.6 Å². The summed E-state index contributed by atoms with van der Waals surface area (Å²) in [6.45, 7) is 6.35. The highest BCUT2D eigenvalue weighted by atomic mass is 32.1. The molecule has 2 rings (SSSR count). The zero-order valence-corrected chi connectivity index (χ0v) is 13.1. The second-order valence-corrected chi connectivity index (χ2v) is 5.83. The third-order valence-corrected chi connectivity index (χ3v) is 3.86. The van der Waals surface area contributed by atoms with Crippen molar-refractivity contribution in [1.29, 1.82) is 0 Å². The molecular weight excluding hydrogens is 270 g/mol. The van der Waals surface area contributed by atoms with Crippen LogP contribution in [0, 0.1) is 0 Å². The number of nitrogens with zero attached hydrogens (tertiary/aromatic N) is 4. The number of piperazine rings is 1. The van der Waals surface area contributed by atoms with Crippen molar-refractivity contribution in [2.75, 3.05) is 58.3 Å². The Morgan fingerprint density at radius 3 is 2.65 bits per heavy atom. The van der Waals surface area contributed by atoms with E-state index in [0.29, 0.717) is 4.99 Å². The number of pyridine rings is 1. The van der Waals surface area contributed by atoms with Gasteiger partial charge >= 0.3 is 0 Å². The number of rotatable bonds is 5. The average molecular weight is 293 g/mol. The second-order valence-electron chi connectivity index (χ2n) is 5.39. The van der Waals surface area contributed by atoms with Crippen LogP contribution in [0.5, 0.6) is 0 Å². The highest BCUT2D eigenvalue weighted by Crippen LogP contribution is 2.20. The topological polar surface area (TPSA) is 48.6 Å². The molecule has 1 saturated heterocycles. The summed E-state index contributed by atoms with van der Waals surface area (Å²) in [4.78, 5) is 11.7. The van der Waals surface area contributed by atoms with E-state index in [0.717, 1.165) is 50.5 Å². The van der Waals surface area contributed by atoms with E-state index in [2.05, 4.69) is 33.8 Å². The molecule has 110 valence electrons. The van der Waals surface area contributed by atoms with Gasteiger partial charge in [0.05, 0.1) is 11.9 Å². The van der Waals surface area contributed by atoms with Crippen LogP contribution in [0.4, 0.5) is 5.69 Å². The number of likely N-dealkylation sites (N-methyl/N-ethyl adjacent to an activating group) is 1. The molecule has 0 atom stereocenters. The normalized spacial score (nSPS) is 16.6. The summed E-state index contributed by atoms with van der Waals surface area (Å²) in [6, 6.07) is 1.90. The van der Waals surface area contributed by atoms with E-state index in [1.165, 1.54) is 0 Å². The summed E-state index contributed by atoms with van der Waals surface area (Å²) >= 11 is 5.12. The zero-order chi connectivity index (χ0) is 14.5. The third-order valence-electron chi connectivity index (χ3n) is 3.64. The van der Waals surface area contributed by atoms with Crippen LogP contribution in [-0.4, -0.2) is 73.1 Å². The highest BCUT2D eigenvalue weighted by molar-refractivity contribution is 7.80. The van der Waals surface area contributed by atoms with Gasteiger partial charge in [-0.2, -0.15) is 0 Å². The van der Waals surface area contributed by atoms with Crippen molar-refractivity contribution < 1.29 is 0 Å². The van der Waals surface area contributed by atoms with Gasteiger partial charge in [0, 0.05) is 51.0 Å². The molecule has 1 aliphatic rings. The van der Waals surface area contributed by atoms with Gasteiger partial charge in [-0.25, -0.2) is 0 Å². The molecule has 6 heteroatoms.